The summed E-state index contributed by atoms with van der Waals surface area (Å²) < 4.78 is 38.2. The fraction of sp³-hybridized carbons (Fsp3) is 0.250. The van der Waals surface area contributed by atoms with Crippen molar-refractivity contribution in [3.05, 3.63) is 70.0 Å². The van der Waals surface area contributed by atoms with Gasteiger partial charge in [0.15, 0.2) is 5.58 Å². The molecule has 0 bridgehead atoms. The normalized spacial score (nSPS) is 14.0. The highest BCUT2D eigenvalue weighted by Gasteiger charge is 2.20. The number of nitrogens with zero attached hydrogens (tertiary/aromatic N) is 3. The van der Waals surface area contributed by atoms with Gasteiger partial charge in [0.05, 0.1) is 17.0 Å². The van der Waals surface area contributed by atoms with Crippen molar-refractivity contribution in [2.45, 2.75) is 37.1 Å². The molecule has 0 saturated heterocycles. The molecule has 5 rings (SSSR count). The van der Waals surface area contributed by atoms with E-state index in [1.165, 1.54) is 36.0 Å². The number of aryl methyl sites for hydroxylation is 1. The third-order valence-corrected chi connectivity index (χ3v) is 7.40. The van der Waals surface area contributed by atoms with Crippen LogP contribution in [0.4, 0.5) is 5.13 Å². The lowest BCUT2D eigenvalue weighted by atomic mass is 9.88. The van der Waals surface area contributed by atoms with Crippen LogP contribution in [-0.4, -0.2) is 22.3 Å². The number of hydrogen-bond acceptors (Lipinski definition) is 7. The van der Waals surface area contributed by atoms with Crippen LogP contribution in [0.25, 0.3) is 11.1 Å². The molecule has 2 aromatic carbocycles. The molecule has 0 fully saturated rings. The minimum Gasteiger partial charge on any atom is -0.408 e. The molecule has 2 aromatic heterocycles. The first-order chi connectivity index (χ1) is 14.5. The lowest BCUT2D eigenvalue weighted by Crippen LogP contribution is -2.17. The maximum atomic E-state index is 12.6. The van der Waals surface area contributed by atoms with Crippen molar-refractivity contribution in [3.8, 4) is 0 Å². The van der Waals surface area contributed by atoms with Gasteiger partial charge in [-0.1, -0.05) is 18.2 Å². The van der Waals surface area contributed by atoms with E-state index >= 15 is 0 Å². The van der Waals surface area contributed by atoms with Gasteiger partial charge in [-0.05, 0) is 54.5 Å². The molecule has 0 amide bonds. The van der Waals surface area contributed by atoms with Crippen molar-refractivity contribution < 1.29 is 12.8 Å². The van der Waals surface area contributed by atoms with Crippen LogP contribution in [0.15, 0.2) is 56.8 Å². The first-order valence-corrected chi connectivity index (χ1v) is 11.8. The van der Waals surface area contributed by atoms with Crippen molar-refractivity contribution in [1.82, 2.24) is 13.9 Å². The lowest BCUT2D eigenvalue weighted by Gasteiger charge is -2.19. The molecule has 1 N–H and O–H groups in total. The molecule has 0 atom stereocenters. The zero-order chi connectivity index (χ0) is 20.7. The molecule has 4 aromatic rings. The Labute approximate surface area is 176 Å². The second-order valence-electron chi connectivity index (χ2n) is 7.20. The summed E-state index contributed by atoms with van der Waals surface area (Å²) in [7, 11) is -3.86. The molecule has 10 heteroatoms. The van der Waals surface area contributed by atoms with Crippen molar-refractivity contribution in [2.75, 3.05) is 4.72 Å². The molecule has 2 heterocycles. The van der Waals surface area contributed by atoms with E-state index in [4.69, 9.17) is 4.42 Å². The number of oxazole rings is 1. The van der Waals surface area contributed by atoms with Gasteiger partial charge >= 0.3 is 5.76 Å². The highest BCUT2D eigenvalue weighted by Crippen LogP contribution is 2.26. The van der Waals surface area contributed by atoms with E-state index < -0.39 is 15.8 Å². The number of benzene rings is 2. The fourth-order valence-corrected chi connectivity index (χ4v) is 5.61. The number of sulfonamides is 1. The number of rotatable bonds is 5. The van der Waals surface area contributed by atoms with E-state index in [1.807, 2.05) is 12.1 Å². The van der Waals surface area contributed by atoms with Gasteiger partial charge in [-0.25, -0.2) is 18.2 Å². The average molecular weight is 443 g/mol. The Morgan fingerprint density at radius 2 is 2.03 bits per heavy atom. The Bertz CT molecular complexity index is 1390. The van der Waals surface area contributed by atoms with Gasteiger partial charge in [0, 0.05) is 17.6 Å². The van der Waals surface area contributed by atoms with Crippen molar-refractivity contribution >= 4 is 37.8 Å². The molecule has 154 valence electrons. The van der Waals surface area contributed by atoms with E-state index in [2.05, 4.69) is 20.1 Å². The van der Waals surface area contributed by atoms with Gasteiger partial charge in [-0.3, -0.25) is 9.29 Å². The molecule has 0 aliphatic heterocycles. The topological polar surface area (TPSA) is 107 Å². The number of anilines is 1. The van der Waals surface area contributed by atoms with Crippen LogP contribution in [0.2, 0.25) is 0 Å². The number of hydrogen-bond donors (Lipinski definition) is 1. The van der Waals surface area contributed by atoms with Crippen molar-refractivity contribution in [3.63, 3.8) is 0 Å². The zero-order valence-electron chi connectivity index (χ0n) is 15.9. The SMILES string of the molecule is O=c1oc2cc(S(=O)(=O)Nc3ncns3)ccc2n1Cc1cccc2c1CCCC2. The van der Waals surface area contributed by atoms with Gasteiger partial charge < -0.3 is 4.42 Å². The average Bonchev–Trinajstić information content (AvgIpc) is 3.35. The highest BCUT2D eigenvalue weighted by molar-refractivity contribution is 7.93. The Kier molecular flexibility index (Phi) is 4.67. The van der Waals surface area contributed by atoms with Gasteiger partial charge in [0.25, 0.3) is 10.0 Å². The zero-order valence-corrected chi connectivity index (χ0v) is 17.5. The van der Waals surface area contributed by atoms with E-state index in [1.54, 1.807) is 10.6 Å². The maximum Gasteiger partial charge on any atom is 0.420 e. The van der Waals surface area contributed by atoms with Crippen molar-refractivity contribution in [1.29, 1.82) is 0 Å². The summed E-state index contributed by atoms with van der Waals surface area (Å²) in [6.07, 6.45) is 5.68. The standard InChI is InChI=1S/C20H18N4O4S2/c25-20-24(11-14-6-3-5-13-4-1-2-7-16(13)14)17-9-8-15(10-18(17)28-20)30(26,27)23-19-21-12-22-29-19/h3,5-6,8-10,12H,1-2,4,7,11H2,(H,21,22,23). The van der Waals surface area contributed by atoms with E-state index in [-0.39, 0.29) is 15.6 Å². The van der Waals surface area contributed by atoms with E-state index in [0.29, 0.717) is 12.1 Å². The summed E-state index contributed by atoms with van der Waals surface area (Å²) in [6.45, 7) is 0.393. The highest BCUT2D eigenvalue weighted by atomic mass is 32.2. The van der Waals surface area contributed by atoms with Crippen molar-refractivity contribution in [2.24, 2.45) is 0 Å². The molecule has 1 aliphatic carbocycles. The Hall–Kier alpha value is -2.98. The van der Waals surface area contributed by atoms with Crippen LogP contribution in [0.3, 0.4) is 0 Å². The second kappa shape index (κ2) is 7.37. The van der Waals surface area contributed by atoms with Crippen LogP contribution in [0.1, 0.15) is 29.5 Å². The van der Waals surface area contributed by atoms with Gasteiger partial charge in [-0.15, -0.1) is 0 Å². The second-order valence-corrected chi connectivity index (χ2v) is 9.66. The molecule has 1 aliphatic rings. The van der Waals surface area contributed by atoms with E-state index in [9.17, 15) is 13.2 Å². The van der Waals surface area contributed by atoms with Gasteiger partial charge in [-0.2, -0.15) is 4.37 Å². The summed E-state index contributed by atoms with van der Waals surface area (Å²) in [5, 5.41) is 0.169. The lowest BCUT2D eigenvalue weighted by molar-refractivity contribution is 0.516. The predicted octanol–water partition coefficient (Wildman–Crippen LogP) is 3.17. The van der Waals surface area contributed by atoms with Gasteiger partial charge in [0.2, 0.25) is 5.13 Å². The quantitative estimate of drug-likeness (QED) is 0.509. The summed E-state index contributed by atoms with van der Waals surface area (Å²) in [6, 6.07) is 10.6. The van der Waals surface area contributed by atoms with E-state index in [0.717, 1.165) is 36.4 Å². The summed E-state index contributed by atoms with van der Waals surface area (Å²) >= 11 is 0.938. The third kappa shape index (κ3) is 3.41. The van der Waals surface area contributed by atoms with Crippen LogP contribution in [-0.2, 0) is 29.4 Å². The summed E-state index contributed by atoms with van der Waals surface area (Å²) in [5.41, 5.74) is 4.54. The minimum absolute atomic E-state index is 0.0109. The monoisotopic (exact) mass is 442 g/mol. The fourth-order valence-electron chi connectivity index (χ4n) is 3.93. The Balaban J connectivity index is 1.51. The number of aromatic nitrogens is 3. The molecule has 30 heavy (non-hydrogen) atoms. The third-order valence-electron chi connectivity index (χ3n) is 5.35. The molecular formula is C20H18N4O4S2. The molecular weight excluding hydrogens is 424 g/mol. The van der Waals surface area contributed by atoms with Crippen LogP contribution < -0.4 is 10.5 Å². The Morgan fingerprint density at radius 1 is 1.17 bits per heavy atom. The number of fused-ring (bicyclic) bond motifs is 2. The van der Waals surface area contributed by atoms with Crippen LogP contribution >= 0.6 is 11.5 Å². The molecule has 0 unspecified atom stereocenters. The molecule has 8 nitrogen and oxygen atoms in total. The first kappa shape index (κ1) is 19.0. The summed E-state index contributed by atoms with van der Waals surface area (Å²) in [5.74, 6) is -0.509. The molecule has 0 saturated carbocycles. The predicted molar refractivity (Wildman–Crippen MR) is 113 cm³/mol. The molecule has 0 spiro atoms. The molecule has 0 radical (unpaired) electrons. The maximum absolute atomic E-state index is 12.6. The van der Waals surface area contributed by atoms with Crippen LogP contribution in [0, 0.1) is 0 Å². The minimum atomic E-state index is -3.86. The summed E-state index contributed by atoms with van der Waals surface area (Å²) in [4.78, 5) is 16.4. The first-order valence-electron chi connectivity index (χ1n) is 9.54. The smallest absolute Gasteiger partial charge is 0.408 e. The largest absolute Gasteiger partial charge is 0.420 e. The number of nitrogens with one attached hydrogen (secondary N) is 1. The Morgan fingerprint density at radius 3 is 2.87 bits per heavy atom. The van der Waals surface area contributed by atoms with Gasteiger partial charge in [0.1, 0.15) is 6.33 Å². The van der Waals surface area contributed by atoms with Crippen LogP contribution in [0.5, 0.6) is 0 Å².